The first-order chi connectivity index (χ1) is 7.84. The first-order valence-electron chi connectivity index (χ1n) is 5.86. The van der Waals surface area contributed by atoms with E-state index in [9.17, 15) is 0 Å². The number of thiophene rings is 1. The summed E-state index contributed by atoms with van der Waals surface area (Å²) in [5.41, 5.74) is 0. The quantitative estimate of drug-likeness (QED) is 0.743. The highest BCUT2D eigenvalue weighted by Gasteiger charge is 2.20. The lowest BCUT2D eigenvalue weighted by Crippen LogP contribution is -2.15. The molecule has 1 aliphatic carbocycles. The normalized spacial score (nSPS) is 15.6. The molecule has 2 rings (SSSR count). The van der Waals surface area contributed by atoms with Gasteiger partial charge in [-0.1, -0.05) is 0 Å². The van der Waals surface area contributed by atoms with Gasteiger partial charge in [-0.2, -0.15) is 0 Å². The molecule has 0 atom stereocenters. The first kappa shape index (κ1) is 12.6. The van der Waals surface area contributed by atoms with E-state index in [2.05, 4.69) is 32.7 Å². The maximum Gasteiger partial charge on any atom is 0.0494 e. The Balaban J connectivity index is 1.42. The molecule has 4 heteroatoms. The van der Waals surface area contributed by atoms with Gasteiger partial charge in [0.2, 0.25) is 0 Å². The summed E-state index contributed by atoms with van der Waals surface area (Å²) in [6.07, 6.45) is 3.87. The average Bonchev–Trinajstić information content (AvgIpc) is 3.00. The van der Waals surface area contributed by atoms with Crippen LogP contribution in [0.3, 0.4) is 0 Å². The van der Waals surface area contributed by atoms with Crippen molar-refractivity contribution in [2.75, 3.05) is 19.8 Å². The van der Waals surface area contributed by atoms with Gasteiger partial charge in [0, 0.05) is 34.5 Å². The lowest BCUT2D eigenvalue weighted by atomic mass is 10.4. The summed E-state index contributed by atoms with van der Waals surface area (Å²) in [7, 11) is 0. The summed E-state index contributed by atoms with van der Waals surface area (Å²) in [6.45, 7) is 3.90. The predicted octanol–water partition coefficient (Wildman–Crippen LogP) is 3.42. The Morgan fingerprint density at radius 2 is 2.38 bits per heavy atom. The molecule has 0 amide bonds. The third-order valence-corrected chi connectivity index (χ3v) is 4.31. The third kappa shape index (κ3) is 4.95. The zero-order valence-corrected chi connectivity index (χ0v) is 11.8. The molecule has 1 saturated carbocycles. The van der Waals surface area contributed by atoms with E-state index in [1.807, 2.05) is 0 Å². The van der Waals surface area contributed by atoms with Crippen molar-refractivity contribution in [3.05, 3.63) is 20.8 Å². The molecule has 0 aromatic carbocycles. The molecule has 2 nitrogen and oxygen atoms in total. The Morgan fingerprint density at radius 1 is 1.50 bits per heavy atom. The van der Waals surface area contributed by atoms with Gasteiger partial charge in [-0.3, -0.25) is 0 Å². The minimum absolute atomic E-state index is 0.886. The number of nitrogens with one attached hydrogen (secondary N) is 1. The van der Waals surface area contributed by atoms with Crippen LogP contribution < -0.4 is 5.32 Å². The molecule has 0 unspecified atom stereocenters. The molecule has 0 aliphatic heterocycles. The van der Waals surface area contributed by atoms with Crippen molar-refractivity contribution < 1.29 is 4.74 Å². The summed E-state index contributed by atoms with van der Waals surface area (Å²) in [5, 5.41) is 5.55. The van der Waals surface area contributed by atoms with E-state index in [0.29, 0.717) is 0 Å². The average molecular weight is 304 g/mol. The fourth-order valence-corrected chi connectivity index (χ4v) is 2.91. The van der Waals surface area contributed by atoms with Crippen molar-refractivity contribution in [3.8, 4) is 0 Å². The summed E-state index contributed by atoms with van der Waals surface area (Å²) in [6, 6.07) is 2.17. The second-order valence-corrected chi connectivity index (χ2v) is 6.19. The fraction of sp³-hybridized carbons (Fsp3) is 0.667. The molecule has 1 N–H and O–H groups in total. The molecule has 1 aromatic rings. The van der Waals surface area contributed by atoms with Gasteiger partial charge in [-0.15, -0.1) is 11.3 Å². The van der Waals surface area contributed by atoms with Crippen LogP contribution in [0.4, 0.5) is 0 Å². The second kappa shape index (κ2) is 6.74. The largest absolute Gasteiger partial charge is 0.381 e. The van der Waals surface area contributed by atoms with Crippen molar-refractivity contribution in [2.45, 2.75) is 25.8 Å². The van der Waals surface area contributed by atoms with Crippen molar-refractivity contribution in [2.24, 2.45) is 5.92 Å². The van der Waals surface area contributed by atoms with Crippen LogP contribution in [0, 0.1) is 5.92 Å². The van der Waals surface area contributed by atoms with Crippen LogP contribution in [0.2, 0.25) is 0 Å². The van der Waals surface area contributed by atoms with Crippen molar-refractivity contribution in [3.63, 3.8) is 0 Å². The summed E-state index contributed by atoms with van der Waals surface area (Å²) >= 11 is 5.25. The lowest BCUT2D eigenvalue weighted by molar-refractivity contribution is 0.122. The summed E-state index contributed by atoms with van der Waals surface area (Å²) in [5.74, 6) is 0.886. The van der Waals surface area contributed by atoms with Crippen LogP contribution in [-0.4, -0.2) is 19.8 Å². The van der Waals surface area contributed by atoms with Crippen molar-refractivity contribution >= 4 is 27.3 Å². The molecular formula is C12H18BrNOS. The molecule has 1 aromatic heterocycles. The Bertz CT molecular complexity index is 312. The standard InChI is InChI=1S/C12H18BrNOS/c13-11-6-12(16-9-11)7-14-4-1-5-15-8-10-2-3-10/h6,9-10,14H,1-5,7-8H2. The van der Waals surface area contributed by atoms with E-state index in [1.165, 1.54) is 22.2 Å². The smallest absolute Gasteiger partial charge is 0.0494 e. The fourth-order valence-electron chi connectivity index (χ4n) is 1.49. The minimum Gasteiger partial charge on any atom is -0.381 e. The van der Waals surface area contributed by atoms with E-state index in [1.54, 1.807) is 11.3 Å². The first-order valence-corrected chi connectivity index (χ1v) is 7.53. The van der Waals surface area contributed by atoms with Crippen LogP contribution in [-0.2, 0) is 11.3 Å². The Labute approximate surface area is 110 Å². The van der Waals surface area contributed by atoms with E-state index in [4.69, 9.17) is 4.74 Å². The molecular weight excluding hydrogens is 286 g/mol. The minimum atomic E-state index is 0.886. The maximum atomic E-state index is 5.57. The van der Waals surface area contributed by atoms with Gasteiger partial charge >= 0.3 is 0 Å². The SMILES string of the molecule is Brc1csc(CNCCCOCC2CC2)c1. The molecule has 0 radical (unpaired) electrons. The zero-order valence-electron chi connectivity index (χ0n) is 9.38. The Kier molecular flexibility index (Phi) is 5.29. The van der Waals surface area contributed by atoms with Crippen LogP contribution in [0.25, 0.3) is 0 Å². The van der Waals surface area contributed by atoms with E-state index in [0.717, 1.165) is 38.6 Å². The molecule has 0 bridgehead atoms. The van der Waals surface area contributed by atoms with Crippen LogP contribution in [0.5, 0.6) is 0 Å². The van der Waals surface area contributed by atoms with Crippen LogP contribution >= 0.6 is 27.3 Å². The number of hydrogen-bond acceptors (Lipinski definition) is 3. The molecule has 1 heterocycles. The van der Waals surface area contributed by atoms with E-state index < -0.39 is 0 Å². The predicted molar refractivity (Wildman–Crippen MR) is 71.9 cm³/mol. The van der Waals surface area contributed by atoms with Gasteiger partial charge in [0.15, 0.2) is 0 Å². The highest BCUT2D eigenvalue weighted by Crippen LogP contribution is 2.28. The number of ether oxygens (including phenoxy) is 1. The number of rotatable bonds is 8. The zero-order chi connectivity index (χ0) is 11.2. The molecule has 1 aliphatic rings. The molecule has 16 heavy (non-hydrogen) atoms. The van der Waals surface area contributed by atoms with Crippen LogP contribution in [0.1, 0.15) is 24.1 Å². The summed E-state index contributed by atoms with van der Waals surface area (Å²) in [4.78, 5) is 1.38. The van der Waals surface area contributed by atoms with E-state index >= 15 is 0 Å². The van der Waals surface area contributed by atoms with Crippen LogP contribution in [0.15, 0.2) is 15.9 Å². The Morgan fingerprint density at radius 3 is 3.06 bits per heavy atom. The molecule has 0 spiro atoms. The van der Waals surface area contributed by atoms with E-state index in [-0.39, 0.29) is 0 Å². The van der Waals surface area contributed by atoms with Gasteiger partial charge in [0.05, 0.1) is 0 Å². The summed E-state index contributed by atoms with van der Waals surface area (Å²) < 4.78 is 6.75. The van der Waals surface area contributed by atoms with Gasteiger partial charge in [0.25, 0.3) is 0 Å². The number of halogens is 1. The topological polar surface area (TPSA) is 21.3 Å². The van der Waals surface area contributed by atoms with Gasteiger partial charge in [-0.05, 0) is 53.7 Å². The molecule has 1 fully saturated rings. The lowest BCUT2D eigenvalue weighted by Gasteiger charge is -2.04. The maximum absolute atomic E-state index is 5.57. The van der Waals surface area contributed by atoms with Crippen molar-refractivity contribution in [1.82, 2.24) is 5.32 Å². The van der Waals surface area contributed by atoms with Gasteiger partial charge in [0.1, 0.15) is 0 Å². The highest BCUT2D eigenvalue weighted by atomic mass is 79.9. The monoisotopic (exact) mass is 303 g/mol. The Hall–Kier alpha value is 0.1000. The van der Waals surface area contributed by atoms with Gasteiger partial charge in [-0.25, -0.2) is 0 Å². The molecule has 90 valence electrons. The van der Waals surface area contributed by atoms with Gasteiger partial charge < -0.3 is 10.1 Å². The van der Waals surface area contributed by atoms with Crippen molar-refractivity contribution in [1.29, 1.82) is 0 Å². The highest BCUT2D eigenvalue weighted by molar-refractivity contribution is 9.10. The number of hydrogen-bond donors (Lipinski definition) is 1. The second-order valence-electron chi connectivity index (χ2n) is 4.28. The third-order valence-electron chi connectivity index (χ3n) is 2.61. The molecule has 0 saturated heterocycles.